The number of nitrogens with zero attached hydrogens (tertiary/aromatic N) is 1. The van der Waals surface area contributed by atoms with Crippen LogP contribution in [-0.4, -0.2) is 29.7 Å². The average Bonchev–Trinajstić information content (AvgIpc) is 2.21. The summed E-state index contributed by atoms with van der Waals surface area (Å²) >= 11 is 3.16. The highest BCUT2D eigenvalue weighted by Crippen LogP contribution is 2.31. The van der Waals surface area contributed by atoms with Crippen molar-refractivity contribution in [3.8, 4) is 5.88 Å². The first-order valence-electron chi connectivity index (χ1n) is 5.25. The van der Waals surface area contributed by atoms with Crippen LogP contribution in [0.3, 0.4) is 0 Å². The van der Waals surface area contributed by atoms with Gasteiger partial charge in [0.15, 0.2) is 0 Å². The van der Waals surface area contributed by atoms with Crippen LogP contribution in [0.25, 0.3) is 0 Å². The molecule has 0 atom stereocenters. The molecule has 0 unspecified atom stereocenters. The molecule has 2 rings (SSSR count). The number of hydrogen-bond donors (Lipinski definition) is 2. The van der Waals surface area contributed by atoms with Gasteiger partial charge in [-0.15, -0.1) is 0 Å². The van der Waals surface area contributed by atoms with Crippen LogP contribution in [0.4, 0.5) is 0 Å². The molecule has 1 heterocycles. The molecule has 1 aromatic rings. The SMILES string of the molecule is CNCC1CC(Oc2nc[nH]c(=O)c2Br)C1. The maximum atomic E-state index is 11.3. The average molecular weight is 288 g/mol. The van der Waals surface area contributed by atoms with Gasteiger partial charge in [-0.1, -0.05) is 0 Å². The van der Waals surface area contributed by atoms with Crippen molar-refractivity contribution in [2.45, 2.75) is 18.9 Å². The molecule has 1 aliphatic carbocycles. The van der Waals surface area contributed by atoms with Crippen LogP contribution < -0.4 is 15.6 Å². The standard InChI is InChI=1S/C10H14BrN3O2/c1-12-4-6-2-7(3-6)16-10-8(11)9(15)13-5-14-10/h5-7,12H,2-4H2,1H3,(H,13,14,15). The van der Waals surface area contributed by atoms with Crippen molar-refractivity contribution in [3.63, 3.8) is 0 Å². The largest absolute Gasteiger partial charge is 0.473 e. The molecule has 5 nitrogen and oxygen atoms in total. The monoisotopic (exact) mass is 287 g/mol. The van der Waals surface area contributed by atoms with Crippen LogP contribution in [0.15, 0.2) is 15.6 Å². The molecular weight excluding hydrogens is 274 g/mol. The fourth-order valence-corrected chi connectivity index (χ4v) is 2.14. The zero-order valence-electron chi connectivity index (χ0n) is 9.00. The van der Waals surface area contributed by atoms with E-state index in [2.05, 4.69) is 31.2 Å². The zero-order valence-corrected chi connectivity index (χ0v) is 10.6. The molecule has 1 saturated carbocycles. The Morgan fingerprint density at radius 1 is 1.69 bits per heavy atom. The Hall–Kier alpha value is -0.880. The van der Waals surface area contributed by atoms with Crippen molar-refractivity contribution in [1.82, 2.24) is 15.3 Å². The molecule has 0 aliphatic heterocycles. The number of H-pyrrole nitrogens is 1. The Morgan fingerprint density at radius 2 is 2.44 bits per heavy atom. The van der Waals surface area contributed by atoms with E-state index in [4.69, 9.17) is 4.74 Å². The molecule has 0 saturated heterocycles. The second kappa shape index (κ2) is 4.97. The van der Waals surface area contributed by atoms with Gasteiger partial charge in [-0.2, -0.15) is 0 Å². The van der Waals surface area contributed by atoms with Crippen LogP contribution in [0.1, 0.15) is 12.8 Å². The van der Waals surface area contributed by atoms with Crippen molar-refractivity contribution in [2.75, 3.05) is 13.6 Å². The van der Waals surface area contributed by atoms with Crippen LogP contribution >= 0.6 is 15.9 Å². The Labute approximate surface area is 102 Å². The third-order valence-corrected chi connectivity index (χ3v) is 3.43. The molecule has 1 aliphatic rings. The first-order chi connectivity index (χ1) is 7.70. The normalized spacial score (nSPS) is 23.9. The van der Waals surface area contributed by atoms with Gasteiger partial charge in [-0.25, -0.2) is 4.98 Å². The van der Waals surface area contributed by atoms with E-state index in [1.807, 2.05) is 7.05 Å². The second-order valence-electron chi connectivity index (χ2n) is 3.99. The molecule has 0 spiro atoms. The fraction of sp³-hybridized carbons (Fsp3) is 0.600. The molecule has 16 heavy (non-hydrogen) atoms. The van der Waals surface area contributed by atoms with Gasteiger partial charge in [-0.05, 0) is 48.3 Å². The topological polar surface area (TPSA) is 67.0 Å². The number of halogens is 1. The third kappa shape index (κ3) is 2.44. The predicted molar refractivity (Wildman–Crippen MR) is 63.6 cm³/mol. The van der Waals surface area contributed by atoms with Crippen molar-refractivity contribution >= 4 is 15.9 Å². The Balaban J connectivity index is 1.92. The number of hydrogen-bond acceptors (Lipinski definition) is 4. The minimum Gasteiger partial charge on any atom is -0.473 e. The molecule has 2 N–H and O–H groups in total. The van der Waals surface area contributed by atoms with Gasteiger partial charge in [-0.3, -0.25) is 4.79 Å². The zero-order chi connectivity index (χ0) is 11.5. The molecule has 1 fully saturated rings. The molecule has 88 valence electrons. The minimum atomic E-state index is -0.212. The number of rotatable bonds is 4. The van der Waals surface area contributed by atoms with Gasteiger partial charge in [0.05, 0.1) is 6.33 Å². The van der Waals surface area contributed by atoms with E-state index in [1.54, 1.807) is 0 Å². The van der Waals surface area contributed by atoms with Crippen molar-refractivity contribution in [2.24, 2.45) is 5.92 Å². The lowest BCUT2D eigenvalue weighted by Crippen LogP contribution is -2.39. The summed E-state index contributed by atoms with van der Waals surface area (Å²) in [5.41, 5.74) is -0.212. The maximum absolute atomic E-state index is 11.3. The number of aromatic nitrogens is 2. The summed E-state index contributed by atoms with van der Waals surface area (Å²) in [6.45, 7) is 1.02. The third-order valence-electron chi connectivity index (χ3n) is 2.73. The molecule has 0 aromatic carbocycles. The van der Waals surface area contributed by atoms with Crippen LogP contribution in [0.5, 0.6) is 5.88 Å². The van der Waals surface area contributed by atoms with Gasteiger partial charge < -0.3 is 15.0 Å². The molecule has 0 amide bonds. The van der Waals surface area contributed by atoms with Crippen LogP contribution in [-0.2, 0) is 0 Å². The summed E-state index contributed by atoms with van der Waals surface area (Å²) in [5.74, 6) is 1.06. The summed E-state index contributed by atoms with van der Waals surface area (Å²) in [7, 11) is 1.95. The maximum Gasteiger partial charge on any atom is 0.268 e. The van der Waals surface area contributed by atoms with Crippen LogP contribution in [0, 0.1) is 5.92 Å². The molecule has 6 heteroatoms. The van der Waals surface area contributed by atoms with E-state index in [-0.39, 0.29) is 11.7 Å². The smallest absolute Gasteiger partial charge is 0.268 e. The highest BCUT2D eigenvalue weighted by Gasteiger charge is 2.31. The van der Waals surface area contributed by atoms with Crippen molar-refractivity contribution in [3.05, 3.63) is 21.2 Å². The van der Waals surface area contributed by atoms with Gasteiger partial charge in [0.2, 0.25) is 5.88 Å². The summed E-state index contributed by atoms with van der Waals surface area (Å²) < 4.78 is 6.00. The van der Waals surface area contributed by atoms with E-state index < -0.39 is 0 Å². The second-order valence-corrected chi connectivity index (χ2v) is 4.78. The first kappa shape index (κ1) is 11.6. The van der Waals surface area contributed by atoms with Crippen molar-refractivity contribution in [1.29, 1.82) is 0 Å². The van der Waals surface area contributed by atoms with E-state index in [0.29, 0.717) is 16.3 Å². The Morgan fingerprint density at radius 3 is 3.12 bits per heavy atom. The van der Waals surface area contributed by atoms with Gasteiger partial charge in [0, 0.05) is 0 Å². The molecule has 0 bridgehead atoms. The van der Waals surface area contributed by atoms with E-state index in [9.17, 15) is 4.79 Å². The lowest BCUT2D eigenvalue weighted by atomic mass is 9.82. The van der Waals surface area contributed by atoms with E-state index in [1.165, 1.54) is 6.33 Å². The molecule has 1 aromatic heterocycles. The van der Waals surface area contributed by atoms with Gasteiger partial charge >= 0.3 is 0 Å². The quantitative estimate of drug-likeness (QED) is 0.864. The summed E-state index contributed by atoms with van der Waals surface area (Å²) in [4.78, 5) is 17.7. The van der Waals surface area contributed by atoms with E-state index in [0.717, 1.165) is 19.4 Å². The van der Waals surface area contributed by atoms with Gasteiger partial charge in [0.1, 0.15) is 10.6 Å². The Bertz CT molecular complexity index is 415. The Kier molecular flexibility index (Phi) is 3.60. The minimum absolute atomic E-state index is 0.184. The summed E-state index contributed by atoms with van der Waals surface area (Å²) in [5, 5.41) is 3.14. The number of aromatic amines is 1. The lowest BCUT2D eigenvalue weighted by Gasteiger charge is -2.34. The summed E-state index contributed by atoms with van der Waals surface area (Å²) in [6, 6.07) is 0. The van der Waals surface area contributed by atoms with E-state index >= 15 is 0 Å². The highest BCUT2D eigenvalue weighted by atomic mass is 79.9. The first-order valence-corrected chi connectivity index (χ1v) is 6.04. The fourth-order valence-electron chi connectivity index (χ4n) is 1.83. The number of nitrogens with one attached hydrogen (secondary N) is 2. The molecular formula is C10H14BrN3O2. The highest BCUT2D eigenvalue weighted by molar-refractivity contribution is 9.10. The van der Waals surface area contributed by atoms with Crippen molar-refractivity contribution < 1.29 is 4.74 Å². The molecule has 0 radical (unpaired) electrons. The predicted octanol–water partition coefficient (Wildman–Crippen LogP) is 0.909. The number of ether oxygens (including phenoxy) is 1. The lowest BCUT2D eigenvalue weighted by molar-refractivity contribution is 0.0607. The van der Waals surface area contributed by atoms with Crippen LogP contribution in [0.2, 0.25) is 0 Å². The van der Waals surface area contributed by atoms with Gasteiger partial charge in [0.25, 0.3) is 5.56 Å². The summed E-state index contributed by atoms with van der Waals surface area (Å²) in [6.07, 6.45) is 3.57.